The van der Waals surface area contributed by atoms with Crippen LogP contribution in [0.2, 0.25) is 5.02 Å². The first kappa shape index (κ1) is 19.0. The lowest BCUT2D eigenvalue weighted by molar-refractivity contribution is -0.123. The van der Waals surface area contributed by atoms with E-state index in [1.165, 1.54) is 5.56 Å². The van der Waals surface area contributed by atoms with Crippen molar-refractivity contribution in [3.05, 3.63) is 64.7 Å². The molecule has 0 aromatic heterocycles. The van der Waals surface area contributed by atoms with Crippen molar-refractivity contribution < 1.29 is 9.59 Å². The molecule has 2 aromatic carbocycles. The third-order valence-electron chi connectivity index (χ3n) is 5.76. The Morgan fingerprint density at radius 3 is 2.36 bits per heavy atom. The average molecular weight is 398 g/mol. The van der Waals surface area contributed by atoms with Gasteiger partial charge < -0.3 is 9.80 Å². The molecule has 1 atom stereocenters. The highest BCUT2D eigenvalue weighted by Gasteiger charge is 2.33. The van der Waals surface area contributed by atoms with Crippen LogP contribution in [0, 0.1) is 0 Å². The molecular formula is C22H24ClN3O2. The van der Waals surface area contributed by atoms with Crippen LogP contribution in [0.3, 0.4) is 0 Å². The van der Waals surface area contributed by atoms with Gasteiger partial charge in [-0.05, 0) is 37.1 Å². The lowest BCUT2D eigenvalue weighted by Crippen LogP contribution is -2.55. The topological polar surface area (TPSA) is 43.9 Å². The Morgan fingerprint density at radius 2 is 1.61 bits per heavy atom. The van der Waals surface area contributed by atoms with Crippen molar-refractivity contribution in [2.45, 2.75) is 19.4 Å². The molecule has 1 fully saturated rings. The lowest BCUT2D eigenvalue weighted by atomic mass is 10.1. The number of piperazine rings is 1. The molecule has 5 nitrogen and oxygen atoms in total. The van der Waals surface area contributed by atoms with Gasteiger partial charge in [-0.15, -0.1) is 0 Å². The summed E-state index contributed by atoms with van der Waals surface area (Å²) in [6, 6.07) is 15.0. The largest absolute Gasteiger partial charge is 0.336 e. The van der Waals surface area contributed by atoms with Crippen molar-refractivity contribution in [1.29, 1.82) is 0 Å². The van der Waals surface area contributed by atoms with Crippen LogP contribution in [0.25, 0.3) is 0 Å². The Morgan fingerprint density at radius 1 is 0.929 bits per heavy atom. The first-order valence-corrected chi connectivity index (χ1v) is 10.1. The van der Waals surface area contributed by atoms with Gasteiger partial charge in [0.2, 0.25) is 5.91 Å². The van der Waals surface area contributed by atoms with Crippen LogP contribution in [0.4, 0.5) is 5.69 Å². The van der Waals surface area contributed by atoms with E-state index in [9.17, 15) is 9.59 Å². The third kappa shape index (κ3) is 3.52. The molecule has 0 spiro atoms. The third-order valence-corrected chi connectivity index (χ3v) is 6.09. The number of carbonyl (C=O) groups is 2. The summed E-state index contributed by atoms with van der Waals surface area (Å²) in [5.41, 5.74) is 2.81. The summed E-state index contributed by atoms with van der Waals surface area (Å²) >= 11 is 6.16. The zero-order valence-electron chi connectivity index (χ0n) is 16.0. The molecule has 0 radical (unpaired) electrons. The number of para-hydroxylation sites is 1. The molecule has 0 N–H and O–H groups in total. The molecule has 4 rings (SSSR count). The fraction of sp³-hybridized carbons (Fsp3) is 0.364. The van der Waals surface area contributed by atoms with E-state index in [0.29, 0.717) is 36.8 Å². The Bertz CT molecular complexity index is 893. The number of benzene rings is 2. The Balaban J connectivity index is 1.38. The van der Waals surface area contributed by atoms with E-state index in [0.717, 1.165) is 18.7 Å². The number of carbonyl (C=O) groups excluding carboxylic acids is 2. The highest BCUT2D eigenvalue weighted by atomic mass is 35.5. The molecule has 1 saturated heterocycles. The predicted octanol–water partition coefficient (Wildman–Crippen LogP) is 3.08. The van der Waals surface area contributed by atoms with E-state index in [4.69, 9.17) is 11.6 Å². The molecule has 146 valence electrons. The van der Waals surface area contributed by atoms with Crippen LogP contribution >= 0.6 is 11.6 Å². The summed E-state index contributed by atoms with van der Waals surface area (Å²) in [6.07, 6.45) is 0.911. The fourth-order valence-electron chi connectivity index (χ4n) is 4.07. The van der Waals surface area contributed by atoms with Crippen LogP contribution in [0.1, 0.15) is 22.8 Å². The summed E-state index contributed by atoms with van der Waals surface area (Å²) in [5.74, 6) is 0.0912. The lowest BCUT2D eigenvalue weighted by Gasteiger charge is -2.38. The minimum Gasteiger partial charge on any atom is -0.336 e. The minimum atomic E-state index is -0.205. The molecule has 0 saturated carbocycles. The second-order valence-electron chi connectivity index (χ2n) is 7.35. The van der Waals surface area contributed by atoms with E-state index in [-0.39, 0.29) is 17.9 Å². The quantitative estimate of drug-likeness (QED) is 0.799. The summed E-state index contributed by atoms with van der Waals surface area (Å²) in [4.78, 5) is 31.7. The van der Waals surface area contributed by atoms with E-state index in [2.05, 4.69) is 11.0 Å². The first-order chi connectivity index (χ1) is 13.6. The van der Waals surface area contributed by atoms with Gasteiger partial charge in [0.25, 0.3) is 5.91 Å². The van der Waals surface area contributed by atoms with E-state index in [1.807, 2.05) is 47.1 Å². The van der Waals surface area contributed by atoms with Crippen molar-refractivity contribution in [1.82, 2.24) is 9.80 Å². The van der Waals surface area contributed by atoms with Crippen LogP contribution in [-0.2, 0) is 11.2 Å². The molecule has 28 heavy (non-hydrogen) atoms. The molecule has 2 amide bonds. The second-order valence-corrected chi connectivity index (χ2v) is 7.76. The highest BCUT2D eigenvalue weighted by Crippen LogP contribution is 2.28. The molecule has 2 aliphatic heterocycles. The van der Waals surface area contributed by atoms with Crippen LogP contribution in [0.15, 0.2) is 48.5 Å². The molecular weight excluding hydrogens is 374 g/mol. The Labute approximate surface area is 170 Å². The molecule has 0 aliphatic carbocycles. The van der Waals surface area contributed by atoms with E-state index < -0.39 is 0 Å². The zero-order valence-corrected chi connectivity index (χ0v) is 16.7. The molecule has 0 bridgehead atoms. The number of hydrogen-bond acceptors (Lipinski definition) is 3. The van der Waals surface area contributed by atoms with Gasteiger partial charge >= 0.3 is 0 Å². The summed E-state index contributed by atoms with van der Waals surface area (Å²) in [5, 5.41) is 0.478. The van der Waals surface area contributed by atoms with Gasteiger partial charge in [0.05, 0.1) is 16.6 Å². The van der Waals surface area contributed by atoms with Gasteiger partial charge in [-0.3, -0.25) is 14.5 Å². The van der Waals surface area contributed by atoms with Gasteiger partial charge in [-0.2, -0.15) is 0 Å². The van der Waals surface area contributed by atoms with E-state index in [1.54, 1.807) is 12.1 Å². The summed E-state index contributed by atoms with van der Waals surface area (Å²) in [6.45, 7) is 5.26. The molecule has 2 aliphatic rings. The normalized spacial score (nSPS) is 18.1. The number of anilines is 1. The summed E-state index contributed by atoms with van der Waals surface area (Å²) < 4.78 is 0. The van der Waals surface area contributed by atoms with Crippen LogP contribution in [0.5, 0.6) is 0 Å². The van der Waals surface area contributed by atoms with Gasteiger partial charge in [0, 0.05) is 38.4 Å². The fourth-order valence-corrected chi connectivity index (χ4v) is 4.28. The van der Waals surface area contributed by atoms with Crippen LogP contribution in [-0.4, -0.2) is 60.4 Å². The van der Waals surface area contributed by atoms with Gasteiger partial charge in [0.15, 0.2) is 0 Å². The highest BCUT2D eigenvalue weighted by molar-refractivity contribution is 6.33. The molecule has 0 unspecified atom stereocenters. The maximum atomic E-state index is 13.1. The zero-order chi connectivity index (χ0) is 19.7. The molecule has 6 heteroatoms. The SMILES string of the molecule is C[C@H](C(=O)N1CCc2ccccc21)N1CCN(C(=O)c2ccccc2Cl)CC1. The van der Waals surface area contributed by atoms with Gasteiger partial charge in [-0.1, -0.05) is 41.9 Å². The number of amides is 2. The number of halogens is 1. The van der Waals surface area contributed by atoms with Crippen molar-refractivity contribution in [2.75, 3.05) is 37.6 Å². The first-order valence-electron chi connectivity index (χ1n) is 9.73. The Kier molecular flexibility index (Phi) is 5.38. The van der Waals surface area contributed by atoms with Gasteiger partial charge in [0.1, 0.15) is 0 Å². The smallest absolute Gasteiger partial charge is 0.255 e. The van der Waals surface area contributed by atoms with Crippen molar-refractivity contribution >= 4 is 29.1 Å². The number of hydrogen-bond donors (Lipinski definition) is 0. The Hall–Kier alpha value is -2.37. The van der Waals surface area contributed by atoms with E-state index >= 15 is 0 Å². The van der Waals surface area contributed by atoms with Crippen molar-refractivity contribution in [3.8, 4) is 0 Å². The standard InChI is InChI=1S/C22H24ClN3O2/c1-16(21(27)26-11-10-17-6-2-5-9-20(17)26)24-12-14-25(15-13-24)22(28)18-7-3-4-8-19(18)23/h2-9,16H,10-15H2,1H3/t16-/m1/s1. The maximum Gasteiger partial charge on any atom is 0.255 e. The average Bonchev–Trinajstić information content (AvgIpc) is 3.17. The predicted molar refractivity (Wildman–Crippen MR) is 111 cm³/mol. The number of nitrogens with zero attached hydrogens (tertiary/aromatic N) is 3. The monoisotopic (exact) mass is 397 g/mol. The van der Waals surface area contributed by atoms with Crippen molar-refractivity contribution in [3.63, 3.8) is 0 Å². The van der Waals surface area contributed by atoms with Gasteiger partial charge in [-0.25, -0.2) is 0 Å². The number of fused-ring (bicyclic) bond motifs is 1. The van der Waals surface area contributed by atoms with Crippen molar-refractivity contribution in [2.24, 2.45) is 0 Å². The summed E-state index contributed by atoms with van der Waals surface area (Å²) in [7, 11) is 0. The maximum absolute atomic E-state index is 13.1. The second kappa shape index (κ2) is 7.94. The molecule has 2 heterocycles. The van der Waals surface area contributed by atoms with Crippen LogP contribution < -0.4 is 4.90 Å². The molecule has 2 aromatic rings. The number of rotatable bonds is 3. The minimum absolute atomic E-state index is 0.0438.